The van der Waals surface area contributed by atoms with E-state index in [0.29, 0.717) is 5.92 Å². The van der Waals surface area contributed by atoms with Gasteiger partial charge < -0.3 is 19.6 Å². The third-order valence-corrected chi connectivity index (χ3v) is 5.64. The minimum Gasteiger partial charge on any atom is -0.360 e. The lowest BCUT2D eigenvalue weighted by Crippen LogP contribution is -2.52. The monoisotopic (exact) mass is 347 g/mol. The summed E-state index contributed by atoms with van der Waals surface area (Å²) in [5.74, 6) is 1.53. The summed E-state index contributed by atoms with van der Waals surface area (Å²) < 4.78 is 5.28. The average Bonchev–Trinajstić information content (AvgIpc) is 3.22. The summed E-state index contributed by atoms with van der Waals surface area (Å²) in [5.41, 5.74) is 0.917. The molecule has 0 spiro atoms. The molecule has 2 saturated heterocycles. The van der Waals surface area contributed by atoms with E-state index in [2.05, 4.69) is 20.3 Å². The van der Waals surface area contributed by atoms with Gasteiger partial charge in [0.1, 0.15) is 0 Å². The van der Waals surface area contributed by atoms with Crippen LogP contribution in [0.15, 0.2) is 10.6 Å². The maximum Gasteiger partial charge on any atom is 0.317 e. The van der Waals surface area contributed by atoms with Crippen LogP contribution in [0.4, 0.5) is 4.79 Å². The Morgan fingerprint density at radius 1 is 1.24 bits per heavy atom. The van der Waals surface area contributed by atoms with Crippen molar-refractivity contribution < 1.29 is 9.32 Å². The number of aryl methyl sites for hydroxylation is 1. The Morgan fingerprint density at radius 3 is 2.72 bits per heavy atom. The number of hydrogen-bond acceptors (Lipinski definition) is 5. The topological polar surface area (TPSA) is 64.8 Å². The van der Waals surface area contributed by atoms with Crippen molar-refractivity contribution >= 4 is 6.03 Å². The van der Waals surface area contributed by atoms with Crippen molar-refractivity contribution in [3.63, 3.8) is 0 Å². The summed E-state index contributed by atoms with van der Waals surface area (Å²) in [6.07, 6.45) is 3.97. The maximum atomic E-state index is 12.4. The molecule has 1 saturated carbocycles. The van der Waals surface area contributed by atoms with Crippen molar-refractivity contribution in [1.29, 1.82) is 0 Å². The lowest BCUT2D eigenvalue weighted by Gasteiger charge is -2.34. The van der Waals surface area contributed by atoms with Gasteiger partial charge in [-0.2, -0.15) is 0 Å². The summed E-state index contributed by atoms with van der Waals surface area (Å²) in [6.45, 7) is 9.21. The number of nitrogens with zero attached hydrogens (tertiary/aromatic N) is 4. The Morgan fingerprint density at radius 2 is 2.04 bits per heavy atom. The second-order valence-corrected chi connectivity index (χ2v) is 7.76. The SMILES string of the molecule is Cc1cc(CN2CCN(C(=O)NC[C@@H]3CCN(C4CC4)C3)CC2)on1. The molecule has 7 nitrogen and oxygen atoms in total. The van der Waals surface area contributed by atoms with Crippen molar-refractivity contribution in [1.82, 2.24) is 25.2 Å². The molecule has 0 aromatic carbocycles. The van der Waals surface area contributed by atoms with Gasteiger partial charge in [0, 0.05) is 51.4 Å². The van der Waals surface area contributed by atoms with Gasteiger partial charge in [-0.3, -0.25) is 4.90 Å². The van der Waals surface area contributed by atoms with Crippen LogP contribution in [-0.2, 0) is 6.54 Å². The van der Waals surface area contributed by atoms with Crippen molar-refractivity contribution in [3.05, 3.63) is 17.5 Å². The number of likely N-dealkylation sites (tertiary alicyclic amines) is 1. The van der Waals surface area contributed by atoms with Gasteiger partial charge in [-0.15, -0.1) is 0 Å². The molecule has 7 heteroatoms. The van der Waals surface area contributed by atoms with Crippen molar-refractivity contribution in [3.8, 4) is 0 Å². The van der Waals surface area contributed by atoms with E-state index in [1.165, 1.54) is 25.8 Å². The predicted molar refractivity (Wildman–Crippen MR) is 94.2 cm³/mol. The molecule has 3 heterocycles. The fourth-order valence-corrected chi connectivity index (χ4v) is 3.96. The smallest absolute Gasteiger partial charge is 0.317 e. The van der Waals surface area contributed by atoms with E-state index < -0.39 is 0 Å². The molecule has 1 N–H and O–H groups in total. The minimum absolute atomic E-state index is 0.0973. The van der Waals surface area contributed by atoms with Gasteiger partial charge in [-0.25, -0.2) is 4.79 Å². The van der Waals surface area contributed by atoms with Crippen LogP contribution in [0, 0.1) is 12.8 Å². The number of piperazine rings is 1. The molecule has 1 aliphatic carbocycles. The van der Waals surface area contributed by atoms with Crippen LogP contribution in [0.5, 0.6) is 0 Å². The number of carbonyl (C=O) groups is 1. The van der Waals surface area contributed by atoms with Crippen molar-refractivity contribution in [2.75, 3.05) is 45.8 Å². The third-order valence-electron chi connectivity index (χ3n) is 5.64. The zero-order valence-corrected chi connectivity index (χ0v) is 15.1. The second kappa shape index (κ2) is 7.33. The lowest BCUT2D eigenvalue weighted by molar-refractivity contribution is 0.127. The van der Waals surface area contributed by atoms with Gasteiger partial charge in [0.05, 0.1) is 12.2 Å². The number of carbonyl (C=O) groups excluding carboxylic acids is 1. The Labute approximate surface area is 149 Å². The highest BCUT2D eigenvalue weighted by Crippen LogP contribution is 2.31. The molecule has 0 radical (unpaired) electrons. The van der Waals surface area contributed by atoms with Crippen LogP contribution >= 0.6 is 0 Å². The second-order valence-electron chi connectivity index (χ2n) is 7.76. The van der Waals surface area contributed by atoms with Gasteiger partial charge in [-0.1, -0.05) is 5.16 Å². The molecule has 2 amide bonds. The van der Waals surface area contributed by atoms with Gasteiger partial charge in [0.25, 0.3) is 0 Å². The molecule has 1 aromatic rings. The highest BCUT2D eigenvalue weighted by molar-refractivity contribution is 5.74. The minimum atomic E-state index is 0.0973. The quantitative estimate of drug-likeness (QED) is 0.870. The molecule has 2 aliphatic heterocycles. The van der Waals surface area contributed by atoms with Crippen LogP contribution in [0.2, 0.25) is 0 Å². The molecule has 138 valence electrons. The standard InChI is InChI=1S/C18H29N5O2/c1-14-10-17(25-20-14)13-21-6-8-22(9-7-21)18(24)19-11-15-4-5-23(12-15)16-2-3-16/h10,15-16H,2-9,11-13H2,1H3,(H,19,24)/t15-/m0/s1. The van der Waals surface area contributed by atoms with Crippen LogP contribution in [0.3, 0.4) is 0 Å². The van der Waals surface area contributed by atoms with E-state index in [9.17, 15) is 4.79 Å². The number of aromatic nitrogens is 1. The van der Waals surface area contributed by atoms with E-state index in [1.807, 2.05) is 17.9 Å². The number of hydrogen-bond donors (Lipinski definition) is 1. The lowest BCUT2D eigenvalue weighted by atomic mass is 10.1. The maximum absolute atomic E-state index is 12.4. The van der Waals surface area contributed by atoms with Crippen LogP contribution in [-0.4, -0.2) is 77.7 Å². The molecule has 4 rings (SSSR count). The normalized spacial score (nSPS) is 25.5. The Bertz CT molecular complexity index is 592. The zero-order chi connectivity index (χ0) is 17.2. The summed E-state index contributed by atoms with van der Waals surface area (Å²) in [7, 11) is 0. The molecule has 1 aromatic heterocycles. The zero-order valence-electron chi connectivity index (χ0n) is 15.1. The summed E-state index contributed by atoms with van der Waals surface area (Å²) in [6, 6.07) is 2.92. The van der Waals surface area contributed by atoms with Gasteiger partial charge in [-0.05, 0) is 38.6 Å². The van der Waals surface area contributed by atoms with Gasteiger partial charge >= 0.3 is 6.03 Å². The van der Waals surface area contributed by atoms with Gasteiger partial charge in [0.2, 0.25) is 0 Å². The number of amides is 2. The first-order valence-electron chi connectivity index (χ1n) is 9.59. The predicted octanol–water partition coefficient (Wildman–Crippen LogP) is 1.29. The van der Waals surface area contributed by atoms with E-state index >= 15 is 0 Å². The number of nitrogens with one attached hydrogen (secondary N) is 1. The van der Waals surface area contributed by atoms with E-state index in [1.54, 1.807) is 0 Å². The Hall–Kier alpha value is -1.60. The van der Waals surface area contributed by atoms with Gasteiger partial charge in [0.15, 0.2) is 5.76 Å². The molecule has 3 aliphatic rings. The van der Waals surface area contributed by atoms with Crippen LogP contribution < -0.4 is 5.32 Å². The molecule has 3 fully saturated rings. The summed E-state index contributed by atoms with van der Waals surface area (Å²) in [4.78, 5) is 19.3. The molecule has 1 atom stereocenters. The fourth-order valence-electron chi connectivity index (χ4n) is 3.96. The largest absolute Gasteiger partial charge is 0.360 e. The summed E-state index contributed by atoms with van der Waals surface area (Å²) >= 11 is 0. The van der Waals surface area contributed by atoms with Crippen LogP contribution in [0.1, 0.15) is 30.7 Å². The fraction of sp³-hybridized carbons (Fsp3) is 0.778. The van der Waals surface area contributed by atoms with E-state index in [-0.39, 0.29) is 6.03 Å². The molecule has 0 unspecified atom stereocenters. The number of rotatable bonds is 5. The summed E-state index contributed by atoms with van der Waals surface area (Å²) in [5, 5.41) is 7.08. The first-order chi connectivity index (χ1) is 12.2. The van der Waals surface area contributed by atoms with E-state index in [0.717, 1.165) is 63.3 Å². The number of urea groups is 1. The molecular formula is C18H29N5O2. The molecule has 0 bridgehead atoms. The van der Waals surface area contributed by atoms with Crippen molar-refractivity contribution in [2.45, 2.75) is 38.8 Å². The average molecular weight is 347 g/mol. The molecule has 25 heavy (non-hydrogen) atoms. The van der Waals surface area contributed by atoms with E-state index in [4.69, 9.17) is 4.52 Å². The van der Waals surface area contributed by atoms with Crippen molar-refractivity contribution in [2.24, 2.45) is 5.92 Å². The van der Waals surface area contributed by atoms with Crippen LogP contribution in [0.25, 0.3) is 0 Å². The highest BCUT2D eigenvalue weighted by atomic mass is 16.5. The Kier molecular flexibility index (Phi) is 4.94. The first-order valence-corrected chi connectivity index (χ1v) is 9.59. The first kappa shape index (κ1) is 16.8. The third kappa shape index (κ3) is 4.33. The highest BCUT2D eigenvalue weighted by Gasteiger charge is 2.34. The molecular weight excluding hydrogens is 318 g/mol. The Balaban J connectivity index is 1.15.